The van der Waals surface area contributed by atoms with E-state index in [1.165, 1.54) is 38.5 Å². The average molecular weight is 241 g/mol. The smallest absolute Gasteiger partial charge is 0.0580 e. The van der Waals surface area contributed by atoms with Crippen LogP contribution in [0.4, 0.5) is 0 Å². The van der Waals surface area contributed by atoms with Crippen LogP contribution in [0.5, 0.6) is 0 Å². The predicted octanol–water partition coefficient (Wildman–Crippen LogP) is 1.77. The normalized spacial score (nSPS) is 31.2. The third-order valence-electron chi connectivity index (χ3n) is 4.57. The van der Waals surface area contributed by atoms with Gasteiger partial charge in [0, 0.05) is 19.1 Å². The van der Waals surface area contributed by atoms with Crippen molar-refractivity contribution in [2.45, 2.75) is 63.5 Å². The molecule has 3 nitrogen and oxygen atoms in total. The highest BCUT2D eigenvalue weighted by molar-refractivity contribution is 4.84. The molecule has 2 atom stereocenters. The van der Waals surface area contributed by atoms with Crippen LogP contribution in [0.1, 0.15) is 51.4 Å². The molecule has 0 aromatic carbocycles. The van der Waals surface area contributed by atoms with Crippen LogP contribution in [-0.4, -0.2) is 47.0 Å². The summed E-state index contributed by atoms with van der Waals surface area (Å²) in [7, 11) is 0. The fraction of sp³-hybridized carbons (Fsp3) is 1.00. The Morgan fingerprint density at radius 1 is 0.941 bits per heavy atom. The van der Waals surface area contributed by atoms with Crippen LogP contribution in [-0.2, 0) is 0 Å². The van der Waals surface area contributed by atoms with Crippen LogP contribution in [0.2, 0.25) is 0 Å². The van der Waals surface area contributed by atoms with Crippen molar-refractivity contribution in [2.75, 3.05) is 19.7 Å². The second kappa shape index (κ2) is 6.72. The molecular formula is C14H27NO2. The molecule has 0 radical (unpaired) electrons. The fourth-order valence-electron chi connectivity index (χ4n) is 3.18. The first-order chi connectivity index (χ1) is 8.31. The average Bonchev–Trinajstić information content (AvgIpc) is 2.42. The van der Waals surface area contributed by atoms with Crippen molar-refractivity contribution < 1.29 is 10.2 Å². The van der Waals surface area contributed by atoms with Crippen LogP contribution in [0.25, 0.3) is 0 Å². The van der Waals surface area contributed by atoms with Gasteiger partial charge in [-0.1, -0.05) is 25.7 Å². The van der Waals surface area contributed by atoms with Gasteiger partial charge in [0.2, 0.25) is 0 Å². The maximum Gasteiger partial charge on any atom is 0.0580 e. The maximum atomic E-state index is 10.1. The molecule has 0 aromatic heterocycles. The summed E-state index contributed by atoms with van der Waals surface area (Å²) in [4.78, 5) is 2.42. The first kappa shape index (κ1) is 13.3. The molecule has 2 saturated carbocycles. The second-order valence-corrected chi connectivity index (χ2v) is 5.77. The Bertz CT molecular complexity index is 218. The zero-order valence-corrected chi connectivity index (χ0v) is 10.9. The molecule has 0 amide bonds. The lowest BCUT2D eigenvalue weighted by molar-refractivity contribution is 0.0348. The minimum absolute atomic E-state index is 0.112. The zero-order chi connectivity index (χ0) is 12.1. The van der Waals surface area contributed by atoms with Crippen molar-refractivity contribution in [3.05, 3.63) is 0 Å². The molecule has 17 heavy (non-hydrogen) atoms. The maximum absolute atomic E-state index is 10.1. The third kappa shape index (κ3) is 3.67. The van der Waals surface area contributed by atoms with E-state index < -0.39 is 0 Å². The zero-order valence-electron chi connectivity index (χ0n) is 10.9. The largest absolute Gasteiger partial charge is 0.395 e. The summed E-state index contributed by atoms with van der Waals surface area (Å²) in [5.41, 5.74) is 0. The molecule has 2 N–H and O–H groups in total. The Kier molecular flexibility index (Phi) is 5.26. The Morgan fingerprint density at radius 3 is 2.35 bits per heavy atom. The molecule has 3 heteroatoms. The Hall–Kier alpha value is -0.120. The van der Waals surface area contributed by atoms with Crippen molar-refractivity contribution in [3.63, 3.8) is 0 Å². The van der Waals surface area contributed by atoms with Gasteiger partial charge in [-0.25, -0.2) is 0 Å². The highest BCUT2D eigenvalue weighted by atomic mass is 16.3. The fourth-order valence-corrected chi connectivity index (χ4v) is 3.18. The van der Waals surface area contributed by atoms with E-state index in [1.54, 1.807) is 0 Å². The van der Waals surface area contributed by atoms with Gasteiger partial charge < -0.3 is 10.2 Å². The van der Waals surface area contributed by atoms with Crippen LogP contribution in [0, 0.1) is 5.92 Å². The van der Waals surface area contributed by atoms with Gasteiger partial charge >= 0.3 is 0 Å². The number of hydrogen-bond donors (Lipinski definition) is 2. The highest BCUT2D eigenvalue weighted by Crippen LogP contribution is 2.29. The monoisotopic (exact) mass is 241 g/mol. The number of hydrogen-bond acceptors (Lipinski definition) is 3. The first-order valence-electron chi connectivity index (χ1n) is 7.34. The molecule has 0 heterocycles. The van der Waals surface area contributed by atoms with Crippen molar-refractivity contribution in [3.8, 4) is 0 Å². The minimum atomic E-state index is -0.112. The molecule has 2 aliphatic carbocycles. The number of aliphatic hydroxyl groups is 2. The van der Waals surface area contributed by atoms with Gasteiger partial charge in [0.25, 0.3) is 0 Å². The summed E-state index contributed by atoms with van der Waals surface area (Å²) >= 11 is 0. The summed E-state index contributed by atoms with van der Waals surface area (Å²) in [6.07, 6.45) is 9.64. The SMILES string of the molecule is OCCN(CC1CCCCCC1O)C1CCC1. The van der Waals surface area contributed by atoms with E-state index in [2.05, 4.69) is 4.90 Å². The topological polar surface area (TPSA) is 43.7 Å². The molecule has 0 bridgehead atoms. The van der Waals surface area contributed by atoms with Crippen molar-refractivity contribution >= 4 is 0 Å². The lowest BCUT2D eigenvalue weighted by Gasteiger charge is -2.39. The van der Waals surface area contributed by atoms with Crippen molar-refractivity contribution in [2.24, 2.45) is 5.92 Å². The molecule has 0 aromatic rings. The summed E-state index contributed by atoms with van der Waals surface area (Å²) in [6.45, 7) is 2.03. The van der Waals surface area contributed by atoms with E-state index in [1.807, 2.05) is 0 Å². The van der Waals surface area contributed by atoms with Crippen LogP contribution in [0.3, 0.4) is 0 Å². The molecular weight excluding hydrogens is 214 g/mol. The standard InChI is InChI=1S/C14H27NO2/c16-10-9-15(13-6-4-7-13)11-12-5-2-1-3-8-14(12)17/h12-14,16-17H,1-11H2. The van der Waals surface area contributed by atoms with Gasteiger partial charge in [0.1, 0.15) is 0 Å². The molecule has 0 saturated heterocycles. The third-order valence-corrected chi connectivity index (χ3v) is 4.57. The summed E-state index contributed by atoms with van der Waals surface area (Å²) in [6, 6.07) is 0.678. The summed E-state index contributed by atoms with van der Waals surface area (Å²) in [5.74, 6) is 0.435. The Balaban J connectivity index is 1.85. The molecule has 2 unspecified atom stereocenters. The van der Waals surface area contributed by atoms with Gasteiger partial charge in [-0.2, -0.15) is 0 Å². The van der Waals surface area contributed by atoms with Crippen molar-refractivity contribution in [1.29, 1.82) is 0 Å². The van der Waals surface area contributed by atoms with E-state index in [-0.39, 0.29) is 12.7 Å². The van der Waals surface area contributed by atoms with Gasteiger partial charge in [-0.05, 0) is 31.6 Å². The highest BCUT2D eigenvalue weighted by Gasteiger charge is 2.29. The van der Waals surface area contributed by atoms with E-state index >= 15 is 0 Å². The van der Waals surface area contributed by atoms with E-state index in [0.29, 0.717) is 12.0 Å². The molecule has 0 spiro atoms. The van der Waals surface area contributed by atoms with Gasteiger partial charge in [0.15, 0.2) is 0 Å². The Morgan fingerprint density at radius 2 is 1.71 bits per heavy atom. The lowest BCUT2D eigenvalue weighted by Crippen LogP contribution is -2.46. The predicted molar refractivity (Wildman–Crippen MR) is 68.9 cm³/mol. The van der Waals surface area contributed by atoms with Gasteiger partial charge in [-0.15, -0.1) is 0 Å². The van der Waals surface area contributed by atoms with E-state index in [4.69, 9.17) is 5.11 Å². The van der Waals surface area contributed by atoms with E-state index in [9.17, 15) is 5.11 Å². The molecule has 2 rings (SSSR count). The molecule has 2 aliphatic rings. The minimum Gasteiger partial charge on any atom is -0.395 e. The second-order valence-electron chi connectivity index (χ2n) is 5.77. The first-order valence-corrected chi connectivity index (χ1v) is 7.34. The number of aliphatic hydroxyl groups excluding tert-OH is 2. The van der Waals surface area contributed by atoms with Crippen LogP contribution < -0.4 is 0 Å². The molecule has 2 fully saturated rings. The molecule has 0 aliphatic heterocycles. The number of rotatable bonds is 5. The summed E-state index contributed by atoms with van der Waals surface area (Å²) in [5, 5.41) is 19.3. The van der Waals surface area contributed by atoms with Gasteiger partial charge in [-0.3, -0.25) is 4.90 Å². The lowest BCUT2D eigenvalue weighted by atomic mass is 9.89. The van der Waals surface area contributed by atoms with Crippen molar-refractivity contribution in [1.82, 2.24) is 4.90 Å². The van der Waals surface area contributed by atoms with Crippen LogP contribution >= 0.6 is 0 Å². The van der Waals surface area contributed by atoms with Crippen LogP contribution in [0.15, 0.2) is 0 Å². The summed E-state index contributed by atoms with van der Waals surface area (Å²) < 4.78 is 0. The quantitative estimate of drug-likeness (QED) is 0.721. The Labute approximate surface area is 105 Å². The van der Waals surface area contributed by atoms with Gasteiger partial charge in [0.05, 0.1) is 12.7 Å². The number of nitrogens with zero attached hydrogens (tertiary/aromatic N) is 1. The molecule has 100 valence electrons. The van der Waals surface area contributed by atoms with E-state index in [0.717, 1.165) is 25.9 Å².